The van der Waals surface area contributed by atoms with Gasteiger partial charge in [0, 0.05) is 17.4 Å². The zero-order valence-corrected chi connectivity index (χ0v) is 9.06. The molecule has 2 aromatic rings. The van der Waals surface area contributed by atoms with E-state index in [2.05, 4.69) is 6.07 Å². The van der Waals surface area contributed by atoms with Crippen molar-refractivity contribution in [2.24, 2.45) is 0 Å². The van der Waals surface area contributed by atoms with Gasteiger partial charge < -0.3 is 4.74 Å². The van der Waals surface area contributed by atoms with Gasteiger partial charge in [0.25, 0.3) is 0 Å². The summed E-state index contributed by atoms with van der Waals surface area (Å²) in [7, 11) is 0. The molecule has 3 rings (SSSR count). The number of ether oxygens (including phenoxy) is 1. The number of nitrogens with zero attached hydrogens (tertiary/aromatic N) is 1. The Morgan fingerprint density at radius 2 is 2.12 bits per heavy atom. The molecular weight excluding hydrogens is 214 g/mol. The Morgan fingerprint density at radius 3 is 2.94 bits per heavy atom. The van der Waals surface area contributed by atoms with Gasteiger partial charge >= 0.3 is 0 Å². The first-order valence-corrected chi connectivity index (χ1v) is 5.39. The van der Waals surface area contributed by atoms with E-state index in [0.717, 1.165) is 16.3 Å². The summed E-state index contributed by atoms with van der Waals surface area (Å²) in [6.07, 6.45) is 0.356. The second kappa shape index (κ2) is 3.60. The number of carbonyl (C=O) groups excluding carboxylic acids is 1. The zero-order chi connectivity index (χ0) is 11.8. The molecule has 0 amide bonds. The third kappa shape index (κ3) is 1.46. The molecule has 0 bridgehead atoms. The van der Waals surface area contributed by atoms with Gasteiger partial charge in [-0.3, -0.25) is 4.79 Å². The van der Waals surface area contributed by atoms with Crippen LogP contribution in [0.1, 0.15) is 11.1 Å². The van der Waals surface area contributed by atoms with Crippen LogP contribution in [-0.2, 0) is 11.2 Å². The SMILES string of the molecule is N#Cc1c2c(cc3ccccc13)CC(=O)CO2. The average Bonchev–Trinajstić information content (AvgIpc) is 2.35. The molecule has 82 valence electrons. The van der Waals surface area contributed by atoms with E-state index in [1.807, 2.05) is 30.3 Å². The lowest BCUT2D eigenvalue weighted by Gasteiger charge is -2.18. The molecule has 0 aliphatic carbocycles. The predicted octanol–water partition coefficient (Wildman–Crippen LogP) is 2.22. The van der Waals surface area contributed by atoms with Crippen LogP contribution in [0.25, 0.3) is 10.8 Å². The number of nitriles is 1. The van der Waals surface area contributed by atoms with Gasteiger partial charge in [-0.25, -0.2) is 0 Å². The van der Waals surface area contributed by atoms with Gasteiger partial charge in [-0.1, -0.05) is 24.3 Å². The van der Waals surface area contributed by atoms with Crippen LogP contribution in [0.15, 0.2) is 30.3 Å². The molecule has 2 aromatic carbocycles. The minimum atomic E-state index is 0.0525. The van der Waals surface area contributed by atoms with E-state index in [9.17, 15) is 10.1 Å². The highest BCUT2D eigenvalue weighted by Gasteiger charge is 2.21. The first kappa shape index (κ1) is 9.86. The summed E-state index contributed by atoms with van der Waals surface area (Å²) in [5, 5.41) is 11.1. The van der Waals surface area contributed by atoms with Gasteiger partial charge in [0.2, 0.25) is 0 Å². The predicted molar refractivity (Wildman–Crippen MR) is 62.9 cm³/mol. The molecule has 0 saturated carbocycles. The normalized spacial score (nSPS) is 13.9. The standard InChI is InChI=1S/C14H9NO2/c15-7-13-12-4-2-1-3-9(12)5-10-6-11(16)8-17-14(10)13/h1-5H,6,8H2. The molecule has 0 aromatic heterocycles. The van der Waals surface area contributed by atoms with Crippen molar-refractivity contribution in [2.75, 3.05) is 6.61 Å². The lowest BCUT2D eigenvalue weighted by molar-refractivity contribution is -0.121. The number of rotatable bonds is 0. The molecule has 1 heterocycles. The second-order valence-corrected chi connectivity index (χ2v) is 4.08. The molecule has 1 aliphatic rings. The van der Waals surface area contributed by atoms with Gasteiger partial charge in [0.15, 0.2) is 5.78 Å². The Morgan fingerprint density at radius 1 is 1.29 bits per heavy atom. The smallest absolute Gasteiger partial charge is 0.174 e. The number of benzene rings is 2. The van der Waals surface area contributed by atoms with Gasteiger partial charge in [-0.05, 0) is 11.5 Å². The molecular formula is C14H9NO2. The number of ketones is 1. The molecule has 0 saturated heterocycles. The Hall–Kier alpha value is -2.34. The van der Waals surface area contributed by atoms with Gasteiger partial charge in [0.05, 0.1) is 0 Å². The highest BCUT2D eigenvalue weighted by molar-refractivity contribution is 5.94. The highest BCUT2D eigenvalue weighted by Crippen LogP contribution is 2.34. The monoisotopic (exact) mass is 223 g/mol. The third-order valence-electron chi connectivity index (χ3n) is 2.96. The van der Waals surface area contributed by atoms with E-state index < -0.39 is 0 Å². The Balaban J connectivity index is 2.38. The van der Waals surface area contributed by atoms with Crippen molar-refractivity contribution in [1.82, 2.24) is 0 Å². The second-order valence-electron chi connectivity index (χ2n) is 4.08. The van der Waals surface area contributed by atoms with Gasteiger partial charge in [-0.15, -0.1) is 0 Å². The minimum Gasteiger partial charge on any atom is -0.484 e. The lowest BCUT2D eigenvalue weighted by Crippen LogP contribution is -2.21. The molecule has 3 heteroatoms. The first-order valence-electron chi connectivity index (χ1n) is 5.39. The van der Waals surface area contributed by atoms with Crippen LogP contribution in [-0.4, -0.2) is 12.4 Å². The Kier molecular flexibility index (Phi) is 2.09. The van der Waals surface area contributed by atoms with E-state index in [1.165, 1.54) is 0 Å². The maximum atomic E-state index is 11.4. The van der Waals surface area contributed by atoms with Crippen molar-refractivity contribution in [1.29, 1.82) is 5.26 Å². The van der Waals surface area contributed by atoms with Crippen LogP contribution in [0.2, 0.25) is 0 Å². The third-order valence-corrected chi connectivity index (χ3v) is 2.96. The molecule has 0 N–H and O–H groups in total. The summed E-state index contributed by atoms with van der Waals surface area (Å²) in [6.45, 7) is 0.0695. The first-order chi connectivity index (χ1) is 8.29. The largest absolute Gasteiger partial charge is 0.484 e. The van der Waals surface area contributed by atoms with Crippen molar-refractivity contribution >= 4 is 16.6 Å². The van der Waals surface area contributed by atoms with Crippen LogP contribution in [0, 0.1) is 11.3 Å². The number of fused-ring (bicyclic) bond motifs is 2. The number of hydrogen-bond donors (Lipinski definition) is 0. The van der Waals surface area contributed by atoms with Crippen molar-refractivity contribution in [3.63, 3.8) is 0 Å². The number of hydrogen-bond acceptors (Lipinski definition) is 3. The molecule has 0 fully saturated rings. The van der Waals surface area contributed by atoms with Crippen molar-refractivity contribution in [3.05, 3.63) is 41.5 Å². The van der Waals surface area contributed by atoms with Crippen LogP contribution in [0.5, 0.6) is 5.75 Å². The van der Waals surface area contributed by atoms with Gasteiger partial charge in [0.1, 0.15) is 24.0 Å². The summed E-state index contributed by atoms with van der Waals surface area (Å²) in [5.41, 5.74) is 1.35. The van der Waals surface area contributed by atoms with Crippen LogP contribution in [0.4, 0.5) is 0 Å². The number of Topliss-reactive ketones (excluding diaryl/α,β-unsaturated/α-hetero) is 1. The van der Waals surface area contributed by atoms with E-state index >= 15 is 0 Å². The van der Waals surface area contributed by atoms with Crippen molar-refractivity contribution in [3.8, 4) is 11.8 Å². The summed E-state index contributed by atoms with van der Waals surface area (Å²) in [6, 6.07) is 11.8. The van der Waals surface area contributed by atoms with Gasteiger partial charge in [-0.2, -0.15) is 5.26 Å². The Bertz CT molecular complexity index is 668. The fourth-order valence-corrected chi connectivity index (χ4v) is 2.21. The highest BCUT2D eigenvalue weighted by atomic mass is 16.5. The fourth-order valence-electron chi connectivity index (χ4n) is 2.21. The van der Waals surface area contributed by atoms with E-state index in [4.69, 9.17) is 4.74 Å². The summed E-state index contributed by atoms with van der Waals surface area (Å²) < 4.78 is 5.39. The molecule has 0 atom stereocenters. The zero-order valence-electron chi connectivity index (χ0n) is 9.06. The van der Waals surface area contributed by atoms with Crippen molar-refractivity contribution < 1.29 is 9.53 Å². The minimum absolute atomic E-state index is 0.0525. The van der Waals surface area contributed by atoms with E-state index in [1.54, 1.807) is 0 Å². The average molecular weight is 223 g/mol. The van der Waals surface area contributed by atoms with Crippen molar-refractivity contribution in [2.45, 2.75) is 6.42 Å². The summed E-state index contributed by atoms with van der Waals surface area (Å²) >= 11 is 0. The van der Waals surface area contributed by atoms with E-state index in [-0.39, 0.29) is 12.4 Å². The van der Waals surface area contributed by atoms with Crippen LogP contribution in [0.3, 0.4) is 0 Å². The lowest BCUT2D eigenvalue weighted by atomic mass is 9.96. The molecule has 0 unspecified atom stereocenters. The molecule has 0 spiro atoms. The fraction of sp³-hybridized carbons (Fsp3) is 0.143. The molecule has 17 heavy (non-hydrogen) atoms. The summed E-state index contributed by atoms with van der Waals surface area (Å²) in [5.74, 6) is 0.627. The Labute approximate surface area is 98.2 Å². The van der Waals surface area contributed by atoms with E-state index in [0.29, 0.717) is 17.7 Å². The molecule has 3 nitrogen and oxygen atoms in total. The molecule has 0 radical (unpaired) electrons. The summed E-state index contributed by atoms with van der Waals surface area (Å²) in [4.78, 5) is 11.4. The number of carbonyl (C=O) groups is 1. The van der Waals surface area contributed by atoms with Crippen LogP contribution < -0.4 is 4.74 Å². The quantitative estimate of drug-likeness (QED) is 0.688. The van der Waals surface area contributed by atoms with Crippen LogP contribution >= 0.6 is 0 Å². The molecule has 1 aliphatic heterocycles. The topological polar surface area (TPSA) is 50.1 Å². The maximum Gasteiger partial charge on any atom is 0.174 e. The maximum absolute atomic E-state index is 11.4.